The summed E-state index contributed by atoms with van der Waals surface area (Å²) in [5.74, 6) is 0. The Kier molecular flexibility index (Phi) is 14.0. The second-order valence-corrected chi connectivity index (χ2v) is 10.1. The molecule has 0 aliphatic rings. The highest BCUT2D eigenvalue weighted by atomic mass is 31.2. The fraction of sp³-hybridized carbons (Fsp3) is 0.429. The Morgan fingerprint density at radius 3 is 1.30 bits per heavy atom. The summed E-state index contributed by atoms with van der Waals surface area (Å²) in [6, 6.07) is 12.0. The Hall–Kier alpha value is -2.06. The highest BCUT2D eigenvalue weighted by Gasteiger charge is 2.27. The van der Waals surface area contributed by atoms with Crippen LogP contribution in [0.2, 0.25) is 0 Å². The van der Waals surface area contributed by atoms with Crippen molar-refractivity contribution in [2.24, 2.45) is 0 Å². The van der Waals surface area contributed by atoms with E-state index >= 15 is 0 Å². The topological polar surface area (TPSA) is 140 Å². The number of anilines is 1. The van der Waals surface area contributed by atoms with E-state index in [1.54, 1.807) is 52.0 Å². The van der Waals surface area contributed by atoms with Crippen molar-refractivity contribution in [3.63, 3.8) is 0 Å². The second-order valence-electron chi connectivity index (χ2n) is 6.03. The zero-order valence-corrected chi connectivity index (χ0v) is 20.4. The molecular weight excluding hydrogens is 470 g/mol. The highest BCUT2D eigenvalue weighted by molar-refractivity contribution is 7.62. The van der Waals surface area contributed by atoms with Gasteiger partial charge < -0.3 is 23.8 Å². The fourth-order valence-electron chi connectivity index (χ4n) is 2.47. The molecule has 0 saturated carbocycles. The van der Waals surface area contributed by atoms with Crippen LogP contribution in [-0.2, 0) is 27.2 Å². The first kappa shape index (κ1) is 30.9. The van der Waals surface area contributed by atoms with E-state index in [2.05, 4.69) is 0 Å². The van der Waals surface area contributed by atoms with Crippen LogP contribution < -0.4 is 16.3 Å². The minimum absolute atomic E-state index is 0. The molecule has 0 radical (unpaired) electrons. The number of nitrogens with zero attached hydrogens (tertiary/aromatic N) is 1. The molecule has 186 valence electrons. The van der Waals surface area contributed by atoms with Gasteiger partial charge in [0, 0.05) is 17.8 Å². The van der Waals surface area contributed by atoms with Gasteiger partial charge in [-0.05, 0) is 64.1 Å². The van der Waals surface area contributed by atoms with Gasteiger partial charge in [-0.3, -0.25) is 19.2 Å². The summed E-state index contributed by atoms with van der Waals surface area (Å²) in [5.41, 5.74) is 6.11. The van der Waals surface area contributed by atoms with Crippen molar-refractivity contribution in [1.29, 1.82) is 0 Å². The van der Waals surface area contributed by atoms with E-state index in [0.717, 1.165) is 0 Å². The Labute approximate surface area is 195 Å². The minimum atomic E-state index is -3.34. The molecule has 2 aromatic carbocycles. The van der Waals surface area contributed by atoms with Gasteiger partial charge in [0.25, 0.3) is 5.69 Å². The van der Waals surface area contributed by atoms with Crippen LogP contribution in [0.25, 0.3) is 0 Å². The van der Waals surface area contributed by atoms with Crippen molar-refractivity contribution in [1.82, 2.24) is 0 Å². The molecule has 0 aliphatic carbocycles. The average Bonchev–Trinajstić information content (AvgIpc) is 2.75. The minimum Gasteiger partial charge on any atom is -0.399 e. The Morgan fingerprint density at radius 1 is 0.727 bits per heavy atom. The number of hydrogen-bond donors (Lipinski definition) is 1. The first-order chi connectivity index (χ1) is 15.2. The van der Waals surface area contributed by atoms with Gasteiger partial charge in [-0.25, -0.2) is 0 Å². The van der Waals surface area contributed by atoms with Gasteiger partial charge in [0.05, 0.1) is 42.0 Å². The molecular formula is C21H34N2O8P2. The fourth-order valence-corrected chi connectivity index (χ4v) is 5.60. The lowest BCUT2D eigenvalue weighted by Gasteiger charge is -2.16. The highest BCUT2D eigenvalue weighted by Crippen LogP contribution is 2.47. The molecule has 0 bridgehead atoms. The molecule has 2 aromatic rings. The molecule has 0 aromatic heterocycles. The molecule has 0 heterocycles. The van der Waals surface area contributed by atoms with E-state index in [9.17, 15) is 19.2 Å². The maximum absolute atomic E-state index is 12.3. The van der Waals surface area contributed by atoms with Crippen LogP contribution >= 0.6 is 15.2 Å². The lowest BCUT2D eigenvalue weighted by molar-refractivity contribution is -0.384. The van der Waals surface area contributed by atoms with Gasteiger partial charge in [0.15, 0.2) is 0 Å². The monoisotopic (exact) mass is 504 g/mol. The Balaban J connectivity index is 0.000000607. The molecule has 33 heavy (non-hydrogen) atoms. The predicted octanol–water partition coefficient (Wildman–Crippen LogP) is 5.28. The largest absolute Gasteiger partial charge is 0.399 e. The maximum Gasteiger partial charge on any atom is 0.361 e. The SMILES string of the molecule is C.CCOP(=O)(OCC)c1ccc(N)cc1.CCOP(=O)(OCC)c1ccc([N+](=O)[O-])cc1. The Bertz CT molecular complexity index is 916. The lowest BCUT2D eigenvalue weighted by Crippen LogP contribution is -2.10. The summed E-state index contributed by atoms with van der Waals surface area (Å²) in [7, 11) is -6.49. The molecule has 10 nitrogen and oxygen atoms in total. The zero-order valence-electron chi connectivity index (χ0n) is 18.6. The van der Waals surface area contributed by atoms with Crippen LogP contribution in [0, 0.1) is 10.1 Å². The molecule has 0 aliphatic heterocycles. The molecule has 2 N–H and O–H groups in total. The predicted molar refractivity (Wildman–Crippen MR) is 132 cm³/mol. The smallest absolute Gasteiger partial charge is 0.361 e. The van der Waals surface area contributed by atoms with Crippen molar-refractivity contribution in [3.8, 4) is 0 Å². The quantitative estimate of drug-likeness (QED) is 0.187. The van der Waals surface area contributed by atoms with Crippen LogP contribution in [0.1, 0.15) is 35.1 Å². The number of nitro groups is 1. The van der Waals surface area contributed by atoms with Crippen molar-refractivity contribution in [2.75, 3.05) is 32.2 Å². The van der Waals surface area contributed by atoms with Gasteiger partial charge in [0.2, 0.25) is 0 Å². The zero-order chi connectivity index (χ0) is 24.2. The number of nitrogens with two attached hydrogens (primary N) is 1. The average molecular weight is 504 g/mol. The van der Waals surface area contributed by atoms with Gasteiger partial charge >= 0.3 is 15.2 Å². The van der Waals surface area contributed by atoms with Crippen molar-refractivity contribution >= 4 is 37.2 Å². The first-order valence-electron chi connectivity index (χ1n) is 10.0. The van der Waals surface area contributed by atoms with Crippen LogP contribution in [0.15, 0.2) is 48.5 Å². The van der Waals surface area contributed by atoms with Crippen LogP contribution in [0.5, 0.6) is 0 Å². The first-order valence-corrected chi connectivity index (χ1v) is 13.1. The molecule has 0 amide bonds. The summed E-state index contributed by atoms with van der Waals surface area (Å²) in [6.45, 7) is 8.16. The number of rotatable bonds is 11. The normalized spacial score (nSPS) is 11.2. The summed E-state index contributed by atoms with van der Waals surface area (Å²) in [6.07, 6.45) is 0. The second kappa shape index (κ2) is 15.0. The number of non-ortho nitro benzene ring substituents is 1. The van der Waals surface area contributed by atoms with E-state index in [1.165, 1.54) is 24.3 Å². The van der Waals surface area contributed by atoms with Crippen LogP contribution in [-0.4, -0.2) is 31.4 Å². The third-order valence-corrected chi connectivity index (χ3v) is 8.04. The van der Waals surface area contributed by atoms with E-state index in [4.69, 9.17) is 23.8 Å². The van der Waals surface area contributed by atoms with E-state index in [1.807, 2.05) is 0 Å². The third kappa shape index (κ3) is 9.37. The van der Waals surface area contributed by atoms with Crippen LogP contribution in [0.4, 0.5) is 11.4 Å². The van der Waals surface area contributed by atoms with Crippen LogP contribution in [0.3, 0.4) is 0 Å². The standard InChI is InChI=1S/C10H14NO5P.C10H16NO3P.CH4/c1-3-15-17(14,16-4-2)10-7-5-9(6-8-10)11(12)13;1-3-13-15(12,14-4-2)10-7-5-9(11)6-8-10;/h5-8H,3-4H2,1-2H3;5-8H,3-4,11H2,1-2H3;1H4. The molecule has 2 rings (SSSR count). The lowest BCUT2D eigenvalue weighted by atomic mass is 10.3. The number of benzene rings is 2. The number of hydrogen-bond acceptors (Lipinski definition) is 9. The van der Waals surface area contributed by atoms with E-state index in [0.29, 0.717) is 29.5 Å². The molecule has 0 fully saturated rings. The third-order valence-electron chi connectivity index (χ3n) is 3.78. The van der Waals surface area contributed by atoms with Gasteiger partial charge in [-0.1, -0.05) is 7.43 Å². The molecule has 0 unspecified atom stereocenters. The molecule has 12 heteroatoms. The summed E-state index contributed by atoms with van der Waals surface area (Å²) in [5, 5.41) is 11.4. The van der Waals surface area contributed by atoms with E-state index in [-0.39, 0.29) is 26.3 Å². The van der Waals surface area contributed by atoms with Gasteiger partial charge in [-0.15, -0.1) is 0 Å². The Morgan fingerprint density at radius 2 is 1.03 bits per heavy atom. The molecule has 0 saturated heterocycles. The van der Waals surface area contributed by atoms with Crippen molar-refractivity contribution in [3.05, 3.63) is 58.6 Å². The summed E-state index contributed by atoms with van der Waals surface area (Å²) < 4.78 is 45.1. The number of nitro benzene ring substituents is 1. The summed E-state index contributed by atoms with van der Waals surface area (Å²) in [4.78, 5) is 9.97. The van der Waals surface area contributed by atoms with Crippen molar-refractivity contribution in [2.45, 2.75) is 35.1 Å². The maximum atomic E-state index is 12.3. The molecule has 0 atom stereocenters. The van der Waals surface area contributed by atoms with Gasteiger partial charge in [-0.2, -0.15) is 0 Å². The van der Waals surface area contributed by atoms with E-state index < -0.39 is 20.1 Å². The number of nitrogen functional groups attached to an aromatic ring is 1. The van der Waals surface area contributed by atoms with Gasteiger partial charge in [0.1, 0.15) is 0 Å². The summed E-state index contributed by atoms with van der Waals surface area (Å²) >= 11 is 0. The van der Waals surface area contributed by atoms with Crippen molar-refractivity contribution < 1.29 is 32.1 Å². The molecule has 0 spiro atoms.